The number of nitrogens with zero attached hydrogens (tertiary/aromatic N) is 1. The van der Waals surface area contributed by atoms with Crippen LogP contribution >= 0.6 is 15.9 Å². The average Bonchev–Trinajstić information content (AvgIpc) is 3.34. The number of para-hydroxylation sites is 1. The number of fused-ring (bicyclic) bond motifs is 1. The van der Waals surface area contributed by atoms with Crippen LogP contribution in [0.25, 0.3) is 0 Å². The van der Waals surface area contributed by atoms with Crippen LogP contribution in [0.15, 0.2) is 71.2 Å². The second-order valence-corrected chi connectivity index (χ2v) is 9.32. The first-order valence-corrected chi connectivity index (χ1v) is 12.3. The fourth-order valence-electron chi connectivity index (χ4n) is 4.60. The van der Waals surface area contributed by atoms with Crippen molar-refractivity contribution in [1.29, 1.82) is 0 Å². The molecule has 2 aliphatic rings. The number of anilines is 2. The maximum Gasteiger partial charge on any atom is 0.262 e. The number of hydrogen-bond acceptors (Lipinski definition) is 4. The van der Waals surface area contributed by atoms with Gasteiger partial charge in [-0.25, -0.2) is 0 Å². The number of ether oxygens (including phenoxy) is 2. The van der Waals surface area contributed by atoms with Gasteiger partial charge in [-0.1, -0.05) is 34.1 Å². The minimum atomic E-state index is -0.381. The van der Waals surface area contributed by atoms with E-state index in [1.165, 1.54) is 12.8 Å². The van der Waals surface area contributed by atoms with Crippen molar-refractivity contribution in [2.24, 2.45) is 0 Å². The molecule has 1 fully saturated rings. The molecule has 1 N–H and O–H groups in total. The summed E-state index contributed by atoms with van der Waals surface area (Å²) >= 11 is 3.49. The summed E-state index contributed by atoms with van der Waals surface area (Å²) in [6.07, 6.45) is 4.45. The molecule has 1 atom stereocenters. The van der Waals surface area contributed by atoms with E-state index in [4.69, 9.17) is 9.47 Å². The molecule has 1 aliphatic carbocycles. The van der Waals surface area contributed by atoms with E-state index in [-0.39, 0.29) is 18.2 Å². The van der Waals surface area contributed by atoms with Crippen LogP contribution < -0.4 is 19.7 Å². The van der Waals surface area contributed by atoms with Crippen LogP contribution in [0.2, 0.25) is 0 Å². The molecule has 1 aliphatic heterocycles. The van der Waals surface area contributed by atoms with Crippen molar-refractivity contribution in [3.05, 3.63) is 82.3 Å². The monoisotopic (exact) mass is 506 g/mol. The molecule has 3 aromatic rings. The molecule has 5 nitrogen and oxygen atoms in total. The highest BCUT2D eigenvalue weighted by molar-refractivity contribution is 9.10. The second-order valence-electron chi connectivity index (χ2n) is 8.41. The quantitative estimate of drug-likeness (QED) is 0.393. The minimum Gasteiger partial charge on any atom is -0.490 e. The van der Waals surface area contributed by atoms with Crippen molar-refractivity contribution in [3.8, 4) is 11.5 Å². The van der Waals surface area contributed by atoms with Crippen LogP contribution in [0.1, 0.15) is 54.7 Å². The average molecular weight is 507 g/mol. The number of amides is 1. The van der Waals surface area contributed by atoms with Crippen molar-refractivity contribution in [3.63, 3.8) is 0 Å². The number of carbonyl (C=O) groups excluding carboxylic acids is 1. The van der Waals surface area contributed by atoms with Crippen molar-refractivity contribution >= 4 is 33.2 Å². The maximum atomic E-state index is 13.6. The predicted molar refractivity (Wildman–Crippen MR) is 134 cm³/mol. The van der Waals surface area contributed by atoms with E-state index in [1.807, 2.05) is 73.7 Å². The summed E-state index contributed by atoms with van der Waals surface area (Å²) in [6, 6.07) is 21.4. The topological polar surface area (TPSA) is 50.8 Å². The minimum absolute atomic E-state index is 0.0408. The summed E-state index contributed by atoms with van der Waals surface area (Å²) in [5.74, 6) is 1.44. The van der Waals surface area contributed by atoms with E-state index in [9.17, 15) is 4.79 Å². The van der Waals surface area contributed by atoms with E-state index in [0.717, 1.165) is 40.0 Å². The first-order chi connectivity index (χ1) is 16.1. The Labute approximate surface area is 202 Å². The molecule has 1 unspecified atom stereocenters. The summed E-state index contributed by atoms with van der Waals surface area (Å²) in [4.78, 5) is 15.4. The van der Waals surface area contributed by atoms with Gasteiger partial charge in [0.25, 0.3) is 5.91 Å². The first-order valence-electron chi connectivity index (χ1n) is 11.5. The van der Waals surface area contributed by atoms with Crippen LogP contribution in [0.3, 0.4) is 0 Å². The lowest BCUT2D eigenvalue weighted by Gasteiger charge is -2.38. The molecule has 5 rings (SSSR count). The van der Waals surface area contributed by atoms with Gasteiger partial charge in [0.05, 0.1) is 18.3 Å². The molecule has 0 aromatic heterocycles. The standard InChI is InChI=1S/C27H27BrN2O3/c1-2-32-25-17-18(11-16-24(25)33-21-7-3-4-8-21)26-29-23-10-6-5-9-22(23)27(31)30(26)20-14-12-19(28)13-15-20/h5-6,9-17,21,26,29H,2-4,7-8H2,1H3. The van der Waals surface area contributed by atoms with Gasteiger partial charge < -0.3 is 14.8 Å². The third kappa shape index (κ3) is 4.44. The lowest BCUT2D eigenvalue weighted by molar-refractivity contribution is 0.0975. The summed E-state index contributed by atoms with van der Waals surface area (Å²) in [7, 11) is 0. The zero-order chi connectivity index (χ0) is 22.8. The number of rotatable bonds is 6. The molecule has 1 heterocycles. The number of benzene rings is 3. The van der Waals surface area contributed by atoms with Gasteiger partial charge in [-0.3, -0.25) is 9.69 Å². The van der Waals surface area contributed by atoms with E-state index in [2.05, 4.69) is 21.2 Å². The summed E-state index contributed by atoms with van der Waals surface area (Å²) in [5.41, 5.74) is 3.23. The highest BCUT2D eigenvalue weighted by Gasteiger charge is 2.34. The van der Waals surface area contributed by atoms with Gasteiger partial charge in [0.1, 0.15) is 6.17 Å². The lowest BCUT2D eigenvalue weighted by atomic mass is 10.0. The van der Waals surface area contributed by atoms with Crippen molar-refractivity contribution < 1.29 is 14.3 Å². The first kappa shape index (κ1) is 21.8. The van der Waals surface area contributed by atoms with Crippen molar-refractivity contribution in [1.82, 2.24) is 0 Å². The van der Waals surface area contributed by atoms with Crippen molar-refractivity contribution in [2.75, 3.05) is 16.8 Å². The van der Waals surface area contributed by atoms with E-state index >= 15 is 0 Å². The number of hydrogen-bond donors (Lipinski definition) is 1. The summed E-state index contributed by atoms with van der Waals surface area (Å²) in [6.45, 7) is 2.51. The third-order valence-corrected chi connectivity index (χ3v) is 6.74. The van der Waals surface area contributed by atoms with Gasteiger partial charge >= 0.3 is 0 Å². The van der Waals surface area contributed by atoms with E-state index in [1.54, 1.807) is 4.90 Å². The van der Waals surface area contributed by atoms with Gasteiger partial charge in [0.2, 0.25) is 0 Å². The zero-order valence-corrected chi connectivity index (χ0v) is 20.2. The molecule has 33 heavy (non-hydrogen) atoms. The molecule has 1 amide bonds. The Balaban J connectivity index is 1.55. The second kappa shape index (κ2) is 9.48. The molecule has 170 valence electrons. The Bertz CT molecular complexity index is 1140. The van der Waals surface area contributed by atoms with Gasteiger partial charge in [0, 0.05) is 15.8 Å². The Kier molecular flexibility index (Phi) is 6.27. The highest BCUT2D eigenvalue weighted by atomic mass is 79.9. The van der Waals surface area contributed by atoms with Crippen LogP contribution in [-0.2, 0) is 0 Å². The molecule has 6 heteroatoms. The molecular weight excluding hydrogens is 480 g/mol. The van der Waals surface area contributed by atoms with E-state index < -0.39 is 0 Å². The fourth-order valence-corrected chi connectivity index (χ4v) is 4.87. The predicted octanol–water partition coefficient (Wildman–Crippen LogP) is 6.94. The van der Waals surface area contributed by atoms with Crippen LogP contribution in [0.4, 0.5) is 11.4 Å². The SMILES string of the molecule is CCOc1cc(C2Nc3ccccc3C(=O)N2c2ccc(Br)cc2)ccc1OC1CCCC1. The lowest BCUT2D eigenvalue weighted by Crippen LogP contribution is -2.43. The Morgan fingerprint density at radius 1 is 1.00 bits per heavy atom. The summed E-state index contributed by atoms with van der Waals surface area (Å²) < 4.78 is 13.2. The normalized spacial score (nSPS) is 18.1. The van der Waals surface area contributed by atoms with E-state index in [0.29, 0.717) is 17.9 Å². The molecule has 0 saturated heterocycles. The van der Waals surface area contributed by atoms with Crippen molar-refractivity contribution in [2.45, 2.75) is 44.9 Å². The van der Waals surface area contributed by atoms with Gasteiger partial charge in [0.15, 0.2) is 11.5 Å². The highest BCUT2D eigenvalue weighted by Crippen LogP contribution is 2.40. The molecule has 3 aromatic carbocycles. The van der Waals surface area contributed by atoms with Crippen LogP contribution in [-0.4, -0.2) is 18.6 Å². The summed E-state index contributed by atoms with van der Waals surface area (Å²) in [5, 5.41) is 3.57. The molecule has 0 bridgehead atoms. The fraction of sp³-hybridized carbons (Fsp3) is 0.296. The van der Waals surface area contributed by atoms with Gasteiger partial charge in [-0.2, -0.15) is 0 Å². The number of nitrogens with one attached hydrogen (secondary N) is 1. The maximum absolute atomic E-state index is 13.6. The Hall–Kier alpha value is -2.99. The number of carbonyl (C=O) groups is 1. The largest absolute Gasteiger partial charge is 0.490 e. The van der Waals surface area contributed by atoms with Crippen LogP contribution in [0.5, 0.6) is 11.5 Å². The number of halogens is 1. The molecular formula is C27H27BrN2O3. The molecule has 1 saturated carbocycles. The third-order valence-electron chi connectivity index (χ3n) is 6.21. The zero-order valence-electron chi connectivity index (χ0n) is 18.6. The Morgan fingerprint density at radius 3 is 2.52 bits per heavy atom. The van der Waals surface area contributed by atoms with Gasteiger partial charge in [-0.15, -0.1) is 0 Å². The smallest absolute Gasteiger partial charge is 0.262 e. The van der Waals surface area contributed by atoms with Crippen LogP contribution in [0, 0.1) is 0 Å². The molecule has 0 spiro atoms. The Morgan fingerprint density at radius 2 is 1.76 bits per heavy atom. The molecule has 0 radical (unpaired) electrons. The van der Waals surface area contributed by atoms with Gasteiger partial charge in [-0.05, 0) is 86.7 Å².